The van der Waals surface area contributed by atoms with Gasteiger partial charge in [0.25, 0.3) is 0 Å². The molecule has 3 rings (SSSR count). The first-order valence-electron chi connectivity index (χ1n) is 8.18. The highest BCUT2D eigenvalue weighted by Crippen LogP contribution is 2.30. The zero-order chi connectivity index (χ0) is 16.9. The topological polar surface area (TPSA) is 52.6 Å². The second-order valence-corrected chi connectivity index (χ2v) is 6.12. The average molecular weight is 328 g/mol. The number of halogens is 1. The number of aliphatic hydroxyl groups is 1. The smallest absolute Gasteiger partial charge is 0.321 e. The normalized spacial score (nSPS) is 16.7. The van der Waals surface area contributed by atoms with E-state index in [0.29, 0.717) is 18.8 Å². The zero-order valence-corrected chi connectivity index (χ0v) is 13.4. The minimum atomic E-state index is -0.500. The zero-order valence-electron chi connectivity index (χ0n) is 13.4. The van der Waals surface area contributed by atoms with E-state index in [1.807, 2.05) is 30.3 Å². The number of rotatable bonds is 3. The number of anilines is 1. The van der Waals surface area contributed by atoms with Crippen LogP contribution in [-0.4, -0.2) is 29.1 Å². The third-order valence-corrected chi connectivity index (χ3v) is 4.49. The van der Waals surface area contributed by atoms with Crippen molar-refractivity contribution in [1.82, 2.24) is 4.90 Å². The van der Waals surface area contributed by atoms with Gasteiger partial charge in [0.15, 0.2) is 0 Å². The van der Waals surface area contributed by atoms with Crippen LogP contribution in [0.1, 0.15) is 24.5 Å². The van der Waals surface area contributed by atoms with Crippen LogP contribution in [0.15, 0.2) is 54.6 Å². The van der Waals surface area contributed by atoms with Crippen molar-refractivity contribution in [3.05, 3.63) is 66.0 Å². The van der Waals surface area contributed by atoms with E-state index in [0.717, 1.165) is 18.4 Å². The number of carbonyl (C=O) groups is 1. The number of urea groups is 1. The van der Waals surface area contributed by atoms with E-state index in [9.17, 15) is 14.3 Å². The highest BCUT2D eigenvalue weighted by Gasteiger charge is 2.28. The number of nitrogens with zero attached hydrogens (tertiary/aromatic N) is 1. The Kier molecular flexibility index (Phi) is 5.11. The van der Waals surface area contributed by atoms with Gasteiger partial charge >= 0.3 is 6.03 Å². The Balaban J connectivity index is 1.54. The minimum Gasteiger partial charge on any atom is -0.388 e. The fourth-order valence-corrected chi connectivity index (χ4v) is 3.11. The summed E-state index contributed by atoms with van der Waals surface area (Å²) in [5.41, 5.74) is 1.37. The van der Waals surface area contributed by atoms with E-state index in [-0.39, 0.29) is 17.8 Å². The van der Waals surface area contributed by atoms with Crippen molar-refractivity contribution in [2.24, 2.45) is 5.92 Å². The van der Waals surface area contributed by atoms with Crippen molar-refractivity contribution >= 4 is 11.7 Å². The summed E-state index contributed by atoms with van der Waals surface area (Å²) in [6, 6.07) is 15.2. The highest BCUT2D eigenvalue weighted by molar-refractivity contribution is 5.89. The van der Waals surface area contributed by atoms with Gasteiger partial charge in [-0.25, -0.2) is 9.18 Å². The lowest BCUT2D eigenvalue weighted by atomic mass is 9.87. The van der Waals surface area contributed by atoms with Gasteiger partial charge in [0.1, 0.15) is 5.82 Å². The molecule has 0 spiro atoms. The molecule has 2 aromatic carbocycles. The number of hydrogen-bond donors (Lipinski definition) is 2. The average Bonchev–Trinajstić information content (AvgIpc) is 2.62. The van der Waals surface area contributed by atoms with Crippen molar-refractivity contribution in [2.45, 2.75) is 18.9 Å². The van der Waals surface area contributed by atoms with Gasteiger partial charge in [-0.15, -0.1) is 0 Å². The number of aliphatic hydroxyl groups excluding tert-OH is 1. The van der Waals surface area contributed by atoms with Gasteiger partial charge in [0.2, 0.25) is 0 Å². The Labute approximate surface area is 140 Å². The van der Waals surface area contributed by atoms with E-state index in [2.05, 4.69) is 5.32 Å². The van der Waals surface area contributed by atoms with Crippen LogP contribution < -0.4 is 5.32 Å². The summed E-state index contributed by atoms with van der Waals surface area (Å²) < 4.78 is 13.2. The molecule has 1 fully saturated rings. The van der Waals surface area contributed by atoms with E-state index >= 15 is 0 Å². The summed E-state index contributed by atoms with van der Waals surface area (Å²) in [6.45, 7) is 1.16. The number of hydrogen-bond acceptors (Lipinski definition) is 2. The molecule has 2 aromatic rings. The molecule has 24 heavy (non-hydrogen) atoms. The number of benzene rings is 2. The number of piperidine rings is 1. The van der Waals surface area contributed by atoms with Crippen LogP contribution in [0.2, 0.25) is 0 Å². The first kappa shape index (κ1) is 16.5. The lowest BCUT2D eigenvalue weighted by Crippen LogP contribution is -2.42. The number of likely N-dealkylation sites (tertiary alicyclic amines) is 1. The first-order chi connectivity index (χ1) is 11.6. The van der Waals surface area contributed by atoms with Gasteiger partial charge in [0.05, 0.1) is 6.10 Å². The third kappa shape index (κ3) is 3.92. The molecule has 0 aliphatic carbocycles. The van der Waals surface area contributed by atoms with Crippen LogP contribution in [0.4, 0.5) is 14.9 Å². The van der Waals surface area contributed by atoms with Gasteiger partial charge in [-0.2, -0.15) is 0 Å². The van der Waals surface area contributed by atoms with Crippen molar-refractivity contribution in [3.63, 3.8) is 0 Å². The summed E-state index contributed by atoms with van der Waals surface area (Å²) in [4.78, 5) is 14.0. The molecule has 1 unspecified atom stereocenters. The van der Waals surface area contributed by atoms with Crippen LogP contribution in [0.5, 0.6) is 0 Å². The van der Waals surface area contributed by atoms with Crippen LogP contribution in [0.25, 0.3) is 0 Å². The van der Waals surface area contributed by atoms with Crippen molar-refractivity contribution in [1.29, 1.82) is 0 Å². The minimum absolute atomic E-state index is 0.144. The molecule has 0 radical (unpaired) electrons. The Morgan fingerprint density at radius 3 is 2.50 bits per heavy atom. The van der Waals surface area contributed by atoms with Gasteiger partial charge in [-0.3, -0.25) is 0 Å². The van der Waals surface area contributed by atoms with E-state index in [4.69, 9.17) is 0 Å². The molecule has 2 amide bonds. The maximum atomic E-state index is 13.2. The summed E-state index contributed by atoms with van der Waals surface area (Å²) in [7, 11) is 0. The Hall–Kier alpha value is -2.40. The third-order valence-electron chi connectivity index (χ3n) is 4.49. The summed E-state index contributed by atoms with van der Waals surface area (Å²) in [5, 5.41) is 13.2. The highest BCUT2D eigenvalue weighted by atomic mass is 19.1. The Bertz CT molecular complexity index is 685. The maximum absolute atomic E-state index is 13.2. The summed E-state index contributed by atoms with van der Waals surface area (Å²) in [6.07, 6.45) is 0.985. The predicted molar refractivity (Wildman–Crippen MR) is 91.1 cm³/mol. The van der Waals surface area contributed by atoms with Crippen LogP contribution in [-0.2, 0) is 0 Å². The van der Waals surface area contributed by atoms with Crippen molar-refractivity contribution < 1.29 is 14.3 Å². The molecule has 1 aliphatic heterocycles. The van der Waals surface area contributed by atoms with Crippen LogP contribution in [0, 0.1) is 11.7 Å². The Morgan fingerprint density at radius 1 is 1.12 bits per heavy atom. The predicted octanol–water partition coefficient (Wildman–Crippen LogP) is 3.80. The van der Waals surface area contributed by atoms with Crippen LogP contribution >= 0.6 is 0 Å². The molecule has 1 aliphatic rings. The van der Waals surface area contributed by atoms with Gasteiger partial charge < -0.3 is 15.3 Å². The summed E-state index contributed by atoms with van der Waals surface area (Å²) in [5.74, 6) is -0.233. The molecule has 0 saturated carbocycles. The maximum Gasteiger partial charge on any atom is 0.321 e. The van der Waals surface area contributed by atoms with Gasteiger partial charge in [0, 0.05) is 18.8 Å². The molecule has 4 nitrogen and oxygen atoms in total. The molecular weight excluding hydrogens is 307 g/mol. The summed E-state index contributed by atoms with van der Waals surface area (Å²) >= 11 is 0. The molecule has 1 saturated heterocycles. The SMILES string of the molecule is O=C(Nc1cccc(F)c1)N1CCC(C(O)c2ccccc2)CC1. The molecule has 1 atom stereocenters. The number of amides is 2. The monoisotopic (exact) mass is 328 g/mol. The fourth-order valence-electron chi connectivity index (χ4n) is 3.11. The second kappa shape index (κ2) is 7.45. The first-order valence-corrected chi connectivity index (χ1v) is 8.18. The van der Waals surface area contributed by atoms with Crippen molar-refractivity contribution in [2.75, 3.05) is 18.4 Å². The molecule has 126 valence electrons. The molecule has 5 heteroatoms. The molecule has 2 N–H and O–H groups in total. The van der Waals surface area contributed by atoms with E-state index < -0.39 is 6.10 Å². The lowest BCUT2D eigenvalue weighted by molar-refractivity contribution is 0.0683. The lowest BCUT2D eigenvalue weighted by Gasteiger charge is -2.34. The molecule has 1 heterocycles. The molecule has 0 bridgehead atoms. The molecular formula is C19H21FN2O2. The Morgan fingerprint density at radius 2 is 1.83 bits per heavy atom. The van der Waals surface area contributed by atoms with Crippen molar-refractivity contribution in [3.8, 4) is 0 Å². The van der Waals surface area contributed by atoms with E-state index in [1.165, 1.54) is 12.1 Å². The standard InChI is InChI=1S/C19H21FN2O2/c20-16-7-4-8-17(13-16)21-19(24)22-11-9-15(10-12-22)18(23)14-5-2-1-3-6-14/h1-8,13,15,18,23H,9-12H2,(H,21,24). The molecule has 0 aromatic heterocycles. The quantitative estimate of drug-likeness (QED) is 0.900. The fraction of sp³-hybridized carbons (Fsp3) is 0.316. The van der Waals surface area contributed by atoms with E-state index in [1.54, 1.807) is 17.0 Å². The second-order valence-electron chi connectivity index (χ2n) is 6.12. The largest absolute Gasteiger partial charge is 0.388 e. The number of carbonyl (C=O) groups excluding carboxylic acids is 1. The van der Waals surface area contributed by atoms with Gasteiger partial charge in [-0.1, -0.05) is 36.4 Å². The van der Waals surface area contributed by atoms with Crippen LogP contribution in [0.3, 0.4) is 0 Å². The van der Waals surface area contributed by atoms with Gasteiger partial charge in [-0.05, 0) is 42.5 Å². The number of nitrogens with one attached hydrogen (secondary N) is 1.